The molecule has 23 heavy (non-hydrogen) atoms. The van der Waals surface area contributed by atoms with Crippen molar-refractivity contribution in [3.8, 4) is 11.4 Å². The molecule has 1 unspecified atom stereocenters. The molecule has 1 fully saturated rings. The summed E-state index contributed by atoms with van der Waals surface area (Å²) in [7, 11) is 0. The van der Waals surface area contributed by atoms with Gasteiger partial charge in [-0.05, 0) is 45.2 Å². The van der Waals surface area contributed by atoms with Crippen LogP contribution in [0.15, 0.2) is 5.38 Å². The summed E-state index contributed by atoms with van der Waals surface area (Å²) in [4.78, 5) is 20.1. The zero-order valence-electron chi connectivity index (χ0n) is 13.9. The van der Waals surface area contributed by atoms with Crippen molar-refractivity contribution in [2.24, 2.45) is 0 Å². The van der Waals surface area contributed by atoms with Gasteiger partial charge in [0.15, 0.2) is 5.78 Å². The first-order valence-corrected chi connectivity index (χ1v) is 8.88. The van der Waals surface area contributed by atoms with Gasteiger partial charge in [0.2, 0.25) is 0 Å². The number of halogens is 1. The highest BCUT2D eigenvalue weighted by molar-refractivity contribution is 7.10. The van der Waals surface area contributed by atoms with Crippen molar-refractivity contribution in [1.82, 2.24) is 15.3 Å². The van der Waals surface area contributed by atoms with E-state index in [0.29, 0.717) is 5.92 Å². The monoisotopic (exact) mass is 353 g/mol. The Labute approximate surface area is 147 Å². The average molecular weight is 354 g/mol. The van der Waals surface area contributed by atoms with Crippen molar-refractivity contribution in [2.75, 3.05) is 13.1 Å². The Morgan fingerprint density at radius 1 is 1.48 bits per heavy atom. The van der Waals surface area contributed by atoms with Crippen LogP contribution in [0.25, 0.3) is 11.4 Å². The van der Waals surface area contributed by atoms with Crippen molar-refractivity contribution in [2.45, 2.75) is 46.0 Å². The number of H-pyrrole nitrogens is 1. The first-order valence-electron chi connectivity index (χ1n) is 8.00. The molecule has 3 rings (SSSR count). The number of aryl methyl sites for hydroxylation is 1. The number of rotatable bonds is 4. The molecule has 4 nitrogen and oxygen atoms in total. The Balaban J connectivity index is 0.00000192. The van der Waals surface area contributed by atoms with Crippen LogP contribution in [0.4, 0.5) is 0 Å². The summed E-state index contributed by atoms with van der Waals surface area (Å²) in [6, 6.07) is 0. The number of carbonyl (C=O) groups is 1. The smallest absolute Gasteiger partial charge is 0.161 e. The zero-order chi connectivity index (χ0) is 15.7. The third kappa shape index (κ3) is 3.52. The maximum Gasteiger partial charge on any atom is 0.161 e. The van der Waals surface area contributed by atoms with Gasteiger partial charge in [0.1, 0.15) is 0 Å². The van der Waals surface area contributed by atoms with Gasteiger partial charge in [-0.1, -0.05) is 6.92 Å². The third-order valence-electron chi connectivity index (χ3n) is 4.42. The van der Waals surface area contributed by atoms with E-state index < -0.39 is 0 Å². The van der Waals surface area contributed by atoms with Gasteiger partial charge in [0.25, 0.3) is 0 Å². The van der Waals surface area contributed by atoms with Crippen LogP contribution in [0.2, 0.25) is 0 Å². The van der Waals surface area contributed by atoms with Crippen molar-refractivity contribution < 1.29 is 4.79 Å². The molecule has 0 amide bonds. The molecule has 1 atom stereocenters. The summed E-state index contributed by atoms with van der Waals surface area (Å²) in [5.74, 6) is 0.657. The number of aromatic amines is 1. The molecule has 6 heteroatoms. The number of ketones is 1. The lowest BCUT2D eigenvalue weighted by Crippen LogP contribution is -2.28. The fourth-order valence-corrected chi connectivity index (χ4v) is 4.33. The molecule has 2 aromatic heterocycles. The third-order valence-corrected chi connectivity index (χ3v) is 5.43. The number of carbonyl (C=O) groups excluding carboxylic acids is 1. The maximum absolute atomic E-state index is 11.9. The SMILES string of the molecule is CCc1c(-c2csc(C3CCCNC3)n2)[nH]c(C)c1C(C)=O.Cl. The lowest BCUT2D eigenvalue weighted by Gasteiger charge is -2.20. The Morgan fingerprint density at radius 3 is 2.87 bits per heavy atom. The predicted octanol–water partition coefficient (Wildman–Crippen LogP) is 4.10. The van der Waals surface area contributed by atoms with E-state index in [1.807, 2.05) is 6.92 Å². The number of aromatic nitrogens is 2. The molecule has 0 spiro atoms. The van der Waals surface area contributed by atoms with Crippen molar-refractivity contribution >= 4 is 29.5 Å². The van der Waals surface area contributed by atoms with E-state index in [9.17, 15) is 4.79 Å². The fourth-order valence-electron chi connectivity index (χ4n) is 3.38. The second kappa shape index (κ2) is 7.60. The van der Waals surface area contributed by atoms with E-state index in [4.69, 9.17) is 4.98 Å². The van der Waals surface area contributed by atoms with Crippen LogP contribution in [-0.4, -0.2) is 28.8 Å². The Kier molecular flexibility index (Phi) is 6.00. The molecule has 1 saturated heterocycles. The van der Waals surface area contributed by atoms with Crippen LogP contribution in [0.3, 0.4) is 0 Å². The molecule has 0 saturated carbocycles. The van der Waals surface area contributed by atoms with Gasteiger partial charge in [0, 0.05) is 29.1 Å². The van der Waals surface area contributed by atoms with E-state index in [1.165, 1.54) is 17.8 Å². The van der Waals surface area contributed by atoms with E-state index >= 15 is 0 Å². The molecule has 3 heterocycles. The van der Waals surface area contributed by atoms with Gasteiger partial charge in [-0.15, -0.1) is 23.7 Å². The van der Waals surface area contributed by atoms with Gasteiger partial charge in [0.05, 0.1) is 16.4 Å². The van der Waals surface area contributed by atoms with Crippen molar-refractivity contribution in [3.05, 3.63) is 27.2 Å². The van der Waals surface area contributed by atoms with Crippen LogP contribution < -0.4 is 5.32 Å². The number of thiazole rings is 1. The summed E-state index contributed by atoms with van der Waals surface area (Å²) in [5, 5.41) is 6.78. The van der Waals surface area contributed by atoms with E-state index in [0.717, 1.165) is 47.7 Å². The lowest BCUT2D eigenvalue weighted by molar-refractivity contribution is 0.101. The topological polar surface area (TPSA) is 57.8 Å². The maximum atomic E-state index is 11.9. The Hall–Kier alpha value is -1.17. The average Bonchev–Trinajstić information content (AvgIpc) is 3.12. The van der Waals surface area contributed by atoms with Crippen LogP contribution in [-0.2, 0) is 6.42 Å². The summed E-state index contributed by atoms with van der Waals surface area (Å²) >= 11 is 1.74. The standard InChI is InChI=1S/C17H23N3OS.ClH/c1-4-13-15(11(3)21)10(2)19-16(13)14-9-22-17(20-14)12-6-5-7-18-8-12;/h9,12,18-19H,4-8H2,1-3H3;1H. The number of piperidine rings is 1. The number of nitrogens with one attached hydrogen (secondary N) is 2. The minimum Gasteiger partial charge on any atom is -0.356 e. The number of Topliss-reactive ketones (excluding diaryl/α,β-unsaturated/α-hetero) is 1. The largest absolute Gasteiger partial charge is 0.356 e. The molecule has 2 aromatic rings. The molecule has 0 radical (unpaired) electrons. The van der Waals surface area contributed by atoms with E-state index in [-0.39, 0.29) is 18.2 Å². The molecule has 0 aromatic carbocycles. The highest BCUT2D eigenvalue weighted by atomic mass is 35.5. The summed E-state index contributed by atoms with van der Waals surface area (Å²) in [6.45, 7) is 7.84. The van der Waals surface area contributed by atoms with E-state index in [2.05, 4.69) is 22.6 Å². The molecule has 126 valence electrons. The second-order valence-corrected chi connectivity index (χ2v) is 6.89. The minimum atomic E-state index is 0. The first-order chi connectivity index (χ1) is 10.6. The molecule has 2 N–H and O–H groups in total. The van der Waals surface area contributed by atoms with Gasteiger partial charge in [-0.25, -0.2) is 4.98 Å². The molecular formula is C17H24ClN3OS. The van der Waals surface area contributed by atoms with Gasteiger partial charge in [-0.2, -0.15) is 0 Å². The second-order valence-electron chi connectivity index (χ2n) is 6.00. The predicted molar refractivity (Wildman–Crippen MR) is 98.1 cm³/mol. The quantitative estimate of drug-likeness (QED) is 0.813. The van der Waals surface area contributed by atoms with Crippen LogP contribution >= 0.6 is 23.7 Å². The zero-order valence-corrected chi connectivity index (χ0v) is 15.5. The number of hydrogen-bond donors (Lipinski definition) is 2. The van der Waals surface area contributed by atoms with Crippen LogP contribution in [0.1, 0.15) is 59.2 Å². The van der Waals surface area contributed by atoms with Gasteiger partial charge in [-0.3, -0.25) is 4.79 Å². The highest BCUT2D eigenvalue weighted by Gasteiger charge is 2.22. The van der Waals surface area contributed by atoms with Crippen molar-refractivity contribution in [1.29, 1.82) is 0 Å². The molecular weight excluding hydrogens is 330 g/mol. The lowest BCUT2D eigenvalue weighted by atomic mass is 10.0. The molecule has 0 bridgehead atoms. The Bertz CT molecular complexity index is 686. The van der Waals surface area contributed by atoms with Gasteiger partial charge < -0.3 is 10.3 Å². The summed E-state index contributed by atoms with van der Waals surface area (Å²) in [5.41, 5.74) is 4.90. The fraction of sp³-hybridized carbons (Fsp3) is 0.529. The summed E-state index contributed by atoms with van der Waals surface area (Å²) in [6.07, 6.45) is 3.27. The highest BCUT2D eigenvalue weighted by Crippen LogP contribution is 2.33. The van der Waals surface area contributed by atoms with Crippen LogP contribution in [0.5, 0.6) is 0 Å². The first kappa shape index (κ1) is 18.2. The normalized spacial score (nSPS) is 17.8. The van der Waals surface area contributed by atoms with Gasteiger partial charge >= 0.3 is 0 Å². The minimum absolute atomic E-state index is 0. The number of hydrogen-bond acceptors (Lipinski definition) is 4. The Morgan fingerprint density at radius 2 is 2.26 bits per heavy atom. The molecule has 0 aliphatic carbocycles. The van der Waals surface area contributed by atoms with E-state index in [1.54, 1.807) is 18.3 Å². The van der Waals surface area contributed by atoms with Crippen molar-refractivity contribution in [3.63, 3.8) is 0 Å². The van der Waals surface area contributed by atoms with Crippen LogP contribution in [0, 0.1) is 6.92 Å². The number of nitrogens with zero attached hydrogens (tertiary/aromatic N) is 1. The molecule has 1 aliphatic rings. The summed E-state index contributed by atoms with van der Waals surface area (Å²) < 4.78 is 0. The molecule has 1 aliphatic heterocycles.